The maximum atomic E-state index is 6.16. The average molecular weight is 417 g/mol. The van der Waals surface area contributed by atoms with Crippen LogP contribution < -0.4 is 16.4 Å². The van der Waals surface area contributed by atoms with Gasteiger partial charge in [0.05, 0.1) is 16.1 Å². The third kappa shape index (κ3) is 4.82. The highest BCUT2D eigenvalue weighted by molar-refractivity contribution is 6.42. The second-order valence-electron chi connectivity index (χ2n) is 6.38. The predicted octanol–water partition coefficient (Wildman–Crippen LogP) is 4.54. The van der Waals surface area contributed by atoms with Crippen molar-refractivity contribution in [3.05, 3.63) is 69.7 Å². The zero-order valence-electron chi connectivity index (χ0n) is 15.5. The van der Waals surface area contributed by atoms with Crippen LogP contribution in [0.3, 0.4) is 0 Å². The molecule has 3 rings (SSSR count). The number of halogens is 2. The van der Waals surface area contributed by atoms with Gasteiger partial charge in [-0.25, -0.2) is 0 Å². The Bertz CT molecular complexity index is 915. The van der Waals surface area contributed by atoms with Crippen molar-refractivity contribution in [2.24, 2.45) is 0 Å². The van der Waals surface area contributed by atoms with Crippen molar-refractivity contribution < 1.29 is 0 Å². The van der Waals surface area contributed by atoms with Crippen molar-refractivity contribution in [3.8, 4) is 0 Å². The molecular formula is C20H22Cl2N6. The molecule has 0 saturated carbocycles. The molecule has 0 fully saturated rings. The van der Waals surface area contributed by atoms with Gasteiger partial charge in [-0.05, 0) is 36.1 Å². The summed E-state index contributed by atoms with van der Waals surface area (Å²) in [5, 5.41) is 1.07. The zero-order chi connectivity index (χ0) is 20.1. The number of hydrogen-bond acceptors (Lipinski definition) is 6. The van der Waals surface area contributed by atoms with Crippen LogP contribution in [0.4, 0.5) is 17.8 Å². The minimum absolute atomic E-state index is 0.0603. The Labute approximate surface area is 174 Å². The van der Waals surface area contributed by atoms with E-state index in [1.807, 2.05) is 30.3 Å². The molecule has 0 aliphatic rings. The molecule has 0 saturated heterocycles. The highest BCUT2D eigenvalue weighted by Crippen LogP contribution is 2.29. The topological polar surface area (TPSA) is 94.0 Å². The maximum absolute atomic E-state index is 6.16. The first-order valence-electron chi connectivity index (χ1n) is 9.00. The molecule has 3 aromatic rings. The summed E-state index contributed by atoms with van der Waals surface area (Å²) >= 11 is 12.2. The van der Waals surface area contributed by atoms with Crippen LogP contribution in [-0.4, -0.2) is 21.5 Å². The van der Waals surface area contributed by atoms with Crippen LogP contribution in [0.5, 0.6) is 0 Å². The maximum Gasteiger partial charge on any atom is 0.232 e. The van der Waals surface area contributed by atoms with Crippen molar-refractivity contribution in [2.75, 3.05) is 22.9 Å². The Hall–Kier alpha value is -2.57. The number of nitrogens with two attached hydrogens (primary N) is 2. The van der Waals surface area contributed by atoms with Crippen LogP contribution >= 0.6 is 23.2 Å². The van der Waals surface area contributed by atoms with Crippen molar-refractivity contribution in [2.45, 2.75) is 25.8 Å². The Kier molecular flexibility index (Phi) is 6.54. The van der Waals surface area contributed by atoms with Gasteiger partial charge in [-0.3, -0.25) is 0 Å². The molecule has 1 heterocycles. The minimum Gasteiger partial charge on any atom is -0.368 e. The van der Waals surface area contributed by atoms with E-state index >= 15 is 0 Å². The number of nitrogen functional groups attached to an aromatic ring is 2. The van der Waals surface area contributed by atoms with Gasteiger partial charge >= 0.3 is 0 Å². The van der Waals surface area contributed by atoms with Crippen molar-refractivity contribution in [1.29, 1.82) is 0 Å². The molecule has 0 aliphatic carbocycles. The Morgan fingerprint density at radius 3 is 2.21 bits per heavy atom. The minimum atomic E-state index is 0.0603. The van der Waals surface area contributed by atoms with Gasteiger partial charge in [-0.2, -0.15) is 15.0 Å². The number of anilines is 3. The van der Waals surface area contributed by atoms with Gasteiger partial charge in [0, 0.05) is 6.54 Å². The monoisotopic (exact) mass is 416 g/mol. The lowest BCUT2D eigenvalue weighted by molar-refractivity contribution is 0.586. The highest BCUT2D eigenvalue weighted by atomic mass is 35.5. The zero-order valence-corrected chi connectivity index (χ0v) is 17.0. The highest BCUT2D eigenvalue weighted by Gasteiger charge is 2.22. The van der Waals surface area contributed by atoms with Crippen LogP contribution in [0.25, 0.3) is 0 Å². The van der Waals surface area contributed by atoms with E-state index < -0.39 is 0 Å². The first kappa shape index (κ1) is 20.2. The SMILES string of the molecule is CC[C@@H](c1ccccc1)N(CCc1ccc(Cl)c(Cl)c1)c1nc(N)nc(N)n1. The molecule has 0 spiro atoms. The molecule has 0 radical (unpaired) electrons. The van der Waals surface area contributed by atoms with Crippen LogP contribution in [0.15, 0.2) is 48.5 Å². The molecule has 1 aromatic heterocycles. The fraction of sp³-hybridized carbons (Fsp3) is 0.250. The molecule has 0 unspecified atom stereocenters. The fourth-order valence-corrected chi connectivity index (χ4v) is 3.50. The van der Waals surface area contributed by atoms with Crippen LogP contribution in [0, 0.1) is 0 Å². The number of hydrogen-bond donors (Lipinski definition) is 2. The molecule has 0 amide bonds. The summed E-state index contributed by atoms with van der Waals surface area (Å²) in [6, 6.07) is 15.9. The number of benzene rings is 2. The lowest BCUT2D eigenvalue weighted by atomic mass is 10.0. The average Bonchev–Trinajstić information content (AvgIpc) is 2.67. The quantitative estimate of drug-likeness (QED) is 0.586. The van der Waals surface area contributed by atoms with Crippen LogP contribution in [0.2, 0.25) is 10.0 Å². The lowest BCUT2D eigenvalue weighted by Gasteiger charge is -2.32. The predicted molar refractivity (Wildman–Crippen MR) is 116 cm³/mol. The van der Waals surface area contributed by atoms with Gasteiger partial charge in [-0.1, -0.05) is 66.5 Å². The van der Waals surface area contributed by atoms with Crippen LogP contribution in [0.1, 0.15) is 30.5 Å². The molecule has 0 bridgehead atoms. The second-order valence-corrected chi connectivity index (χ2v) is 7.19. The van der Waals surface area contributed by atoms with E-state index in [-0.39, 0.29) is 17.9 Å². The molecule has 28 heavy (non-hydrogen) atoms. The van der Waals surface area contributed by atoms with E-state index in [9.17, 15) is 0 Å². The molecule has 0 aliphatic heterocycles. The van der Waals surface area contributed by atoms with Crippen molar-refractivity contribution in [3.63, 3.8) is 0 Å². The van der Waals surface area contributed by atoms with Crippen molar-refractivity contribution in [1.82, 2.24) is 15.0 Å². The molecule has 6 nitrogen and oxygen atoms in total. The second kappa shape index (κ2) is 9.08. The van der Waals surface area contributed by atoms with E-state index in [1.54, 1.807) is 6.07 Å². The number of rotatable bonds is 7. The summed E-state index contributed by atoms with van der Waals surface area (Å²) < 4.78 is 0. The van der Waals surface area contributed by atoms with Crippen molar-refractivity contribution >= 4 is 41.0 Å². The molecule has 146 valence electrons. The van der Waals surface area contributed by atoms with E-state index in [4.69, 9.17) is 34.7 Å². The Morgan fingerprint density at radius 1 is 0.929 bits per heavy atom. The molecule has 8 heteroatoms. The van der Waals surface area contributed by atoms with E-state index in [1.165, 1.54) is 0 Å². The first-order chi connectivity index (χ1) is 13.5. The van der Waals surface area contributed by atoms with Crippen LogP contribution in [-0.2, 0) is 6.42 Å². The van der Waals surface area contributed by atoms with Gasteiger partial charge < -0.3 is 16.4 Å². The lowest BCUT2D eigenvalue weighted by Crippen LogP contribution is -2.32. The van der Waals surface area contributed by atoms with Gasteiger partial charge in [0.15, 0.2) is 0 Å². The summed E-state index contributed by atoms with van der Waals surface area (Å²) in [6.45, 7) is 2.77. The van der Waals surface area contributed by atoms with E-state index in [0.29, 0.717) is 22.5 Å². The van der Waals surface area contributed by atoms with Gasteiger partial charge in [0.1, 0.15) is 0 Å². The van der Waals surface area contributed by atoms with E-state index in [0.717, 1.165) is 24.0 Å². The Balaban J connectivity index is 1.94. The third-order valence-electron chi connectivity index (χ3n) is 4.49. The first-order valence-corrected chi connectivity index (χ1v) is 9.76. The summed E-state index contributed by atoms with van der Waals surface area (Å²) in [5.41, 5.74) is 13.9. The smallest absolute Gasteiger partial charge is 0.232 e. The van der Waals surface area contributed by atoms with E-state index in [2.05, 4.69) is 38.9 Å². The largest absolute Gasteiger partial charge is 0.368 e. The molecule has 4 N–H and O–H groups in total. The van der Waals surface area contributed by atoms with Gasteiger partial charge in [0.25, 0.3) is 0 Å². The standard InChI is InChI=1S/C20H22Cl2N6/c1-2-17(14-6-4-3-5-7-14)28(20-26-18(23)25-19(24)27-20)11-10-13-8-9-15(21)16(22)12-13/h3-9,12,17H,2,10-11H2,1H3,(H4,23,24,25,26,27)/t17-/m0/s1. The summed E-state index contributed by atoms with van der Waals surface area (Å²) in [7, 11) is 0. The summed E-state index contributed by atoms with van der Waals surface area (Å²) in [4.78, 5) is 14.6. The number of aromatic nitrogens is 3. The molecular weight excluding hydrogens is 395 g/mol. The fourth-order valence-electron chi connectivity index (χ4n) is 3.18. The summed E-state index contributed by atoms with van der Waals surface area (Å²) in [5.74, 6) is 0.663. The number of nitrogens with zero attached hydrogens (tertiary/aromatic N) is 4. The molecule has 1 atom stereocenters. The third-order valence-corrected chi connectivity index (χ3v) is 5.23. The van der Waals surface area contributed by atoms with Gasteiger partial charge in [0.2, 0.25) is 17.8 Å². The normalized spacial score (nSPS) is 12.0. The molecule has 2 aromatic carbocycles. The summed E-state index contributed by atoms with van der Waals surface area (Å²) in [6.07, 6.45) is 1.59. The Morgan fingerprint density at radius 2 is 1.61 bits per heavy atom. The van der Waals surface area contributed by atoms with Gasteiger partial charge in [-0.15, -0.1) is 0 Å².